The summed E-state index contributed by atoms with van der Waals surface area (Å²) in [5, 5.41) is 0.905. The Labute approximate surface area is 135 Å². The number of rotatable bonds is 5. The Hall–Kier alpha value is -2.55. The summed E-state index contributed by atoms with van der Waals surface area (Å²) in [6.07, 6.45) is 1.57. The van der Waals surface area contributed by atoms with E-state index in [1.165, 1.54) is 0 Å². The molecular formula is C20H20O3. The number of ketones is 1. The molecule has 3 nitrogen and oxygen atoms in total. The second-order valence-corrected chi connectivity index (χ2v) is 5.46. The van der Waals surface area contributed by atoms with E-state index in [9.17, 15) is 4.79 Å². The van der Waals surface area contributed by atoms with Crippen molar-refractivity contribution in [1.29, 1.82) is 0 Å². The Bertz CT molecular complexity index is 841. The van der Waals surface area contributed by atoms with Crippen molar-refractivity contribution in [1.82, 2.24) is 0 Å². The van der Waals surface area contributed by atoms with E-state index in [-0.39, 0.29) is 5.78 Å². The zero-order valence-electron chi connectivity index (χ0n) is 13.7. The molecule has 0 saturated carbocycles. The topological polar surface area (TPSA) is 39.4 Å². The van der Waals surface area contributed by atoms with Crippen molar-refractivity contribution >= 4 is 16.8 Å². The lowest BCUT2D eigenvalue weighted by Crippen LogP contribution is -2.03. The molecule has 0 radical (unpaired) electrons. The molecule has 3 heteroatoms. The maximum absolute atomic E-state index is 13.0. The van der Waals surface area contributed by atoms with Crippen molar-refractivity contribution in [2.75, 3.05) is 7.11 Å². The Morgan fingerprint density at radius 2 is 1.78 bits per heavy atom. The van der Waals surface area contributed by atoms with Gasteiger partial charge in [0.1, 0.15) is 17.1 Å². The molecule has 0 amide bonds. The third-order valence-corrected chi connectivity index (χ3v) is 4.15. The quantitative estimate of drug-likeness (QED) is 0.636. The number of aryl methyl sites for hydroxylation is 2. The summed E-state index contributed by atoms with van der Waals surface area (Å²) in [5.74, 6) is 1.49. The van der Waals surface area contributed by atoms with Gasteiger partial charge in [-0.2, -0.15) is 0 Å². The third-order valence-electron chi connectivity index (χ3n) is 4.15. The van der Waals surface area contributed by atoms with Crippen LogP contribution in [0.5, 0.6) is 5.75 Å². The second-order valence-electron chi connectivity index (χ2n) is 5.46. The number of para-hydroxylation sites is 1. The average Bonchev–Trinajstić information content (AvgIpc) is 2.99. The van der Waals surface area contributed by atoms with Gasteiger partial charge in [0.25, 0.3) is 0 Å². The molecule has 3 rings (SSSR count). The molecule has 0 bridgehead atoms. The monoisotopic (exact) mass is 308 g/mol. The predicted octanol–water partition coefficient (Wildman–Crippen LogP) is 4.80. The van der Waals surface area contributed by atoms with Crippen LogP contribution in [0.25, 0.3) is 11.0 Å². The molecule has 2 aromatic carbocycles. The first-order valence-electron chi connectivity index (χ1n) is 7.91. The SMILES string of the molecule is CCc1oc2c(CC)cccc2c1C(=O)c1ccc(OC)cc1. The predicted molar refractivity (Wildman–Crippen MR) is 91.4 cm³/mol. The Morgan fingerprint density at radius 3 is 2.39 bits per heavy atom. The fourth-order valence-corrected chi connectivity index (χ4v) is 2.89. The number of carbonyl (C=O) groups excluding carboxylic acids is 1. The first-order valence-corrected chi connectivity index (χ1v) is 7.91. The molecule has 0 saturated heterocycles. The van der Waals surface area contributed by atoms with Crippen molar-refractivity contribution < 1.29 is 13.9 Å². The zero-order chi connectivity index (χ0) is 16.4. The van der Waals surface area contributed by atoms with Gasteiger partial charge in [0, 0.05) is 17.4 Å². The summed E-state index contributed by atoms with van der Waals surface area (Å²) in [5.41, 5.74) is 3.29. The van der Waals surface area contributed by atoms with E-state index in [1.54, 1.807) is 31.4 Å². The van der Waals surface area contributed by atoms with Crippen LogP contribution in [-0.2, 0) is 12.8 Å². The first kappa shape index (κ1) is 15.3. The molecule has 0 aliphatic heterocycles. The second kappa shape index (κ2) is 6.29. The highest BCUT2D eigenvalue weighted by Gasteiger charge is 2.22. The van der Waals surface area contributed by atoms with Gasteiger partial charge < -0.3 is 9.15 Å². The molecule has 0 atom stereocenters. The van der Waals surface area contributed by atoms with E-state index in [0.717, 1.165) is 34.5 Å². The van der Waals surface area contributed by atoms with E-state index >= 15 is 0 Å². The summed E-state index contributed by atoms with van der Waals surface area (Å²) in [4.78, 5) is 13.0. The lowest BCUT2D eigenvalue weighted by Gasteiger charge is -2.04. The lowest BCUT2D eigenvalue weighted by atomic mass is 9.98. The Balaban J connectivity index is 2.15. The maximum atomic E-state index is 13.0. The molecular weight excluding hydrogens is 288 g/mol. The van der Waals surface area contributed by atoms with Gasteiger partial charge in [-0.1, -0.05) is 32.0 Å². The van der Waals surface area contributed by atoms with Crippen LogP contribution in [0.1, 0.15) is 41.1 Å². The summed E-state index contributed by atoms with van der Waals surface area (Å²) in [7, 11) is 1.61. The number of fused-ring (bicyclic) bond motifs is 1. The lowest BCUT2D eigenvalue weighted by molar-refractivity contribution is 0.103. The zero-order valence-corrected chi connectivity index (χ0v) is 13.7. The average molecular weight is 308 g/mol. The molecule has 1 heterocycles. The van der Waals surface area contributed by atoms with Crippen molar-refractivity contribution in [3.63, 3.8) is 0 Å². The fourth-order valence-electron chi connectivity index (χ4n) is 2.89. The molecule has 0 aliphatic carbocycles. The van der Waals surface area contributed by atoms with Crippen LogP contribution in [0.15, 0.2) is 46.9 Å². The first-order chi connectivity index (χ1) is 11.2. The van der Waals surface area contributed by atoms with Gasteiger partial charge in [-0.15, -0.1) is 0 Å². The minimum Gasteiger partial charge on any atom is -0.497 e. The number of furan rings is 1. The number of benzene rings is 2. The molecule has 0 N–H and O–H groups in total. The van der Waals surface area contributed by atoms with Gasteiger partial charge in [0.2, 0.25) is 0 Å². The molecule has 0 fully saturated rings. The van der Waals surface area contributed by atoms with Gasteiger partial charge in [-0.05, 0) is 36.2 Å². The van der Waals surface area contributed by atoms with Crippen LogP contribution in [0.3, 0.4) is 0 Å². The van der Waals surface area contributed by atoms with Crippen LogP contribution >= 0.6 is 0 Å². The Kier molecular flexibility index (Phi) is 4.20. The minimum atomic E-state index is -0.00324. The highest BCUT2D eigenvalue weighted by atomic mass is 16.5. The van der Waals surface area contributed by atoms with E-state index in [1.807, 2.05) is 25.1 Å². The number of hydrogen-bond donors (Lipinski definition) is 0. The van der Waals surface area contributed by atoms with Crippen molar-refractivity contribution in [2.24, 2.45) is 0 Å². The molecule has 118 valence electrons. The minimum absolute atomic E-state index is 0.00324. The van der Waals surface area contributed by atoms with Gasteiger partial charge in [-0.3, -0.25) is 4.79 Å². The molecule has 1 aromatic heterocycles. The fraction of sp³-hybridized carbons (Fsp3) is 0.250. The molecule has 0 spiro atoms. The van der Waals surface area contributed by atoms with E-state index < -0.39 is 0 Å². The third kappa shape index (κ3) is 2.63. The van der Waals surface area contributed by atoms with Crippen LogP contribution < -0.4 is 4.74 Å². The van der Waals surface area contributed by atoms with Gasteiger partial charge in [-0.25, -0.2) is 0 Å². The number of hydrogen-bond acceptors (Lipinski definition) is 3. The number of methoxy groups -OCH3 is 1. The van der Waals surface area contributed by atoms with Crippen molar-refractivity contribution in [3.05, 3.63) is 64.9 Å². The van der Waals surface area contributed by atoms with Crippen LogP contribution in [0, 0.1) is 0 Å². The standard InChI is InChI=1S/C20H20O3/c1-4-13-7-6-8-16-18(17(5-2)23-20(13)16)19(21)14-9-11-15(22-3)12-10-14/h6-12H,4-5H2,1-3H3. The van der Waals surface area contributed by atoms with Crippen molar-refractivity contribution in [2.45, 2.75) is 26.7 Å². The van der Waals surface area contributed by atoms with Gasteiger partial charge in [0.05, 0.1) is 12.7 Å². The largest absolute Gasteiger partial charge is 0.497 e. The summed E-state index contributed by atoms with van der Waals surface area (Å²) in [6, 6.07) is 13.2. The van der Waals surface area contributed by atoms with Crippen LogP contribution in [-0.4, -0.2) is 12.9 Å². The summed E-state index contributed by atoms with van der Waals surface area (Å²) in [6.45, 7) is 4.10. The summed E-state index contributed by atoms with van der Waals surface area (Å²) >= 11 is 0. The van der Waals surface area contributed by atoms with E-state index in [4.69, 9.17) is 9.15 Å². The molecule has 0 aliphatic rings. The number of ether oxygens (including phenoxy) is 1. The maximum Gasteiger partial charge on any atom is 0.197 e. The van der Waals surface area contributed by atoms with E-state index in [0.29, 0.717) is 17.5 Å². The normalized spacial score (nSPS) is 10.9. The smallest absolute Gasteiger partial charge is 0.197 e. The van der Waals surface area contributed by atoms with Crippen LogP contribution in [0.2, 0.25) is 0 Å². The molecule has 0 unspecified atom stereocenters. The number of carbonyl (C=O) groups is 1. The highest BCUT2D eigenvalue weighted by Crippen LogP contribution is 2.31. The van der Waals surface area contributed by atoms with Crippen LogP contribution in [0.4, 0.5) is 0 Å². The van der Waals surface area contributed by atoms with Gasteiger partial charge in [0.15, 0.2) is 5.78 Å². The van der Waals surface area contributed by atoms with Gasteiger partial charge >= 0.3 is 0 Å². The highest BCUT2D eigenvalue weighted by molar-refractivity contribution is 6.17. The Morgan fingerprint density at radius 1 is 1.04 bits per heavy atom. The van der Waals surface area contributed by atoms with Crippen molar-refractivity contribution in [3.8, 4) is 5.75 Å². The van der Waals surface area contributed by atoms with E-state index in [2.05, 4.69) is 6.92 Å². The molecule has 3 aromatic rings. The molecule has 23 heavy (non-hydrogen) atoms. The summed E-state index contributed by atoms with van der Waals surface area (Å²) < 4.78 is 11.2.